The summed E-state index contributed by atoms with van der Waals surface area (Å²) in [4.78, 5) is 2.60. The van der Waals surface area contributed by atoms with Crippen molar-refractivity contribution in [2.75, 3.05) is 13.1 Å². The van der Waals surface area contributed by atoms with Crippen LogP contribution in [0.4, 0.5) is 0 Å². The van der Waals surface area contributed by atoms with E-state index < -0.39 is 0 Å². The van der Waals surface area contributed by atoms with Crippen molar-refractivity contribution in [3.05, 3.63) is 53.1 Å². The summed E-state index contributed by atoms with van der Waals surface area (Å²) in [5.41, 5.74) is 6.68. The molecule has 1 heterocycles. The topological polar surface area (TPSA) is 23.5 Å². The van der Waals surface area contributed by atoms with Crippen LogP contribution in [0.5, 0.6) is 5.75 Å². The molecule has 1 N–H and O–H groups in total. The van der Waals surface area contributed by atoms with E-state index in [9.17, 15) is 5.11 Å². The predicted octanol–water partition coefficient (Wildman–Crippen LogP) is 3.92. The molecule has 1 aliphatic heterocycles. The van der Waals surface area contributed by atoms with Crippen LogP contribution in [0.3, 0.4) is 0 Å². The monoisotopic (exact) mass is 279 g/mol. The van der Waals surface area contributed by atoms with Crippen LogP contribution in [0.25, 0.3) is 11.1 Å². The lowest BCUT2D eigenvalue weighted by atomic mass is 9.77. The van der Waals surface area contributed by atoms with Crippen LogP contribution in [0.1, 0.15) is 36.1 Å². The molecule has 2 heteroatoms. The van der Waals surface area contributed by atoms with Gasteiger partial charge < -0.3 is 5.11 Å². The molecule has 21 heavy (non-hydrogen) atoms. The van der Waals surface area contributed by atoms with Gasteiger partial charge in [-0.05, 0) is 54.1 Å². The Bertz CT molecular complexity index is 692. The molecule has 1 atom stereocenters. The molecule has 2 aromatic carbocycles. The van der Waals surface area contributed by atoms with Gasteiger partial charge in [-0.25, -0.2) is 0 Å². The lowest BCUT2D eigenvalue weighted by Gasteiger charge is -2.41. The van der Waals surface area contributed by atoms with Crippen molar-refractivity contribution in [2.45, 2.75) is 32.2 Å². The number of benzene rings is 2. The molecule has 1 aliphatic carbocycles. The maximum absolute atomic E-state index is 10.3. The van der Waals surface area contributed by atoms with Crippen molar-refractivity contribution in [3.63, 3.8) is 0 Å². The van der Waals surface area contributed by atoms with E-state index in [4.69, 9.17) is 0 Å². The summed E-state index contributed by atoms with van der Waals surface area (Å²) in [6, 6.07) is 13.0. The number of fused-ring (bicyclic) bond motifs is 2. The van der Waals surface area contributed by atoms with Gasteiger partial charge in [-0.2, -0.15) is 0 Å². The molecule has 0 radical (unpaired) electrons. The number of hydrogen-bond acceptors (Lipinski definition) is 2. The van der Waals surface area contributed by atoms with E-state index in [1.54, 1.807) is 0 Å². The molecule has 2 nitrogen and oxygen atoms in total. The summed E-state index contributed by atoms with van der Waals surface area (Å²) < 4.78 is 0. The van der Waals surface area contributed by atoms with E-state index in [1.165, 1.54) is 28.7 Å². The fourth-order valence-electron chi connectivity index (χ4n) is 4.08. The first-order chi connectivity index (χ1) is 10.3. The van der Waals surface area contributed by atoms with Gasteiger partial charge in [0.05, 0.1) is 0 Å². The van der Waals surface area contributed by atoms with Crippen LogP contribution < -0.4 is 0 Å². The van der Waals surface area contributed by atoms with Crippen molar-refractivity contribution in [1.29, 1.82) is 0 Å². The largest absolute Gasteiger partial charge is 0.508 e. The molecule has 0 spiro atoms. The Kier molecular flexibility index (Phi) is 3.00. The molecule has 0 bridgehead atoms. The Labute approximate surface area is 126 Å². The normalized spacial score (nSPS) is 20.0. The molecule has 0 saturated carbocycles. The third kappa shape index (κ3) is 1.90. The highest BCUT2D eigenvalue weighted by Crippen LogP contribution is 2.47. The van der Waals surface area contributed by atoms with E-state index in [-0.39, 0.29) is 0 Å². The number of phenols is 1. The minimum Gasteiger partial charge on any atom is -0.508 e. The summed E-state index contributed by atoms with van der Waals surface area (Å²) in [7, 11) is 0. The first-order valence-electron chi connectivity index (χ1n) is 7.96. The lowest BCUT2D eigenvalue weighted by molar-refractivity contribution is 0.182. The van der Waals surface area contributed by atoms with Gasteiger partial charge in [0.25, 0.3) is 0 Å². The third-order valence-corrected chi connectivity index (χ3v) is 4.99. The van der Waals surface area contributed by atoms with Crippen LogP contribution in [-0.4, -0.2) is 23.1 Å². The summed E-state index contributed by atoms with van der Waals surface area (Å²) in [5, 5.41) is 10.3. The fraction of sp³-hybridized carbons (Fsp3) is 0.368. The Morgan fingerprint density at radius 2 is 1.95 bits per heavy atom. The number of hydrogen-bond donors (Lipinski definition) is 1. The second-order valence-corrected chi connectivity index (χ2v) is 6.19. The van der Waals surface area contributed by atoms with Crippen molar-refractivity contribution < 1.29 is 5.11 Å². The molecular weight excluding hydrogens is 258 g/mol. The van der Waals surface area contributed by atoms with Gasteiger partial charge in [0.15, 0.2) is 0 Å². The second-order valence-electron chi connectivity index (χ2n) is 6.19. The Hall–Kier alpha value is -1.80. The zero-order chi connectivity index (χ0) is 14.4. The second kappa shape index (κ2) is 4.88. The van der Waals surface area contributed by atoms with Crippen LogP contribution in [0.2, 0.25) is 0 Å². The first kappa shape index (κ1) is 12.9. The highest BCUT2D eigenvalue weighted by Gasteiger charge is 2.34. The van der Waals surface area contributed by atoms with Crippen LogP contribution in [0.15, 0.2) is 36.4 Å². The zero-order valence-corrected chi connectivity index (χ0v) is 12.5. The zero-order valence-electron chi connectivity index (χ0n) is 12.5. The number of aromatic hydroxyl groups is 1. The number of rotatable bonds is 2. The van der Waals surface area contributed by atoms with E-state index in [2.05, 4.69) is 36.1 Å². The first-order valence-corrected chi connectivity index (χ1v) is 7.96. The Morgan fingerprint density at radius 1 is 1.14 bits per heavy atom. The highest BCUT2D eigenvalue weighted by molar-refractivity contribution is 5.77. The minimum atomic E-state index is 0.436. The molecular formula is C19H21NO. The molecule has 0 saturated heterocycles. The smallest absolute Gasteiger partial charge is 0.119 e. The highest BCUT2D eigenvalue weighted by atomic mass is 16.3. The molecule has 0 aromatic heterocycles. The Morgan fingerprint density at radius 3 is 2.81 bits per heavy atom. The van der Waals surface area contributed by atoms with Gasteiger partial charge in [0.2, 0.25) is 0 Å². The lowest BCUT2D eigenvalue weighted by Crippen LogP contribution is -2.38. The van der Waals surface area contributed by atoms with E-state index in [0.29, 0.717) is 11.8 Å². The fourth-order valence-corrected chi connectivity index (χ4v) is 4.08. The molecule has 2 aliphatic rings. The molecule has 2 aromatic rings. The average Bonchev–Trinajstić information content (AvgIpc) is 2.51. The van der Waals surface area contributed by atoms with Crippen molar-refractivity contribution in [2.24, 2.45) is 0 Å². The van der Waals surface area contributed by atoms with Gasteiger partial charge in [0.1, 0.15) is 5.75 Å². The van der Waals surface area contributed by atoms with Gasteiger partial charge in [0, 0.05) is 18.2 Å². The van der Waals surface area contributed by atoms with Crippen LogP contribution >= 0.6 is 0 Å². The molecule has 0 fully saturated rings. The van der Waals surface area contributed by atoms with E-state index in [1.807, 2.05) is 12.1 Å². The van der Waals surface area contributed by atoms with Crippen LogP contribution in [-0.2, 0) is 12.8 Å². The van der Waals surface area contributed by atoms with Gasteiger partial charge >= 0.3 is 0 Å². The Balaban J connectivity index is 1.93. The summed E-state index contributed by atoms with van der Waals surface area (Å²) in [6.07, 6.45) is 3.27. The van der Waals surface area contributed by atoms with Gasteiger partial charge in [-0.1, -0.05) is 37.3 Å². The van der Waals surface area contributed by atoms with Gasteiger partial charge in [-0.3, -0.25) is 4.90 Å². The minimum absolute atomic E-state index is 0.436. The standard InChI is InChI=1S/C19H21NO/c1-2-10-20-11-9-13-5-3-7-15-14-6-4-8-18(21)16(14)12-17(20)19(13)15/h3-8,17,21H,2,9-12H2,1H3/t17-/m0/s1. The predicted molar refractivity (Wildman–Crippen MR) is 85.6 cm³/mol. The third-order valence-electron chi connectivity index (χ3n) is 4.99. The summed E-state index contributed by atoms with van der Waals surface area (Å²) in [6.45, 7) is 4.52. The van der Waals surface area contributed by atoms with Crippen molar-refractivity contribution >= 4 is 0 Å². The van der Waals surface area contributed by atoms with Crippen LogP contribution in [0, 0.1) is 0 Å². The van der Waals surface area contributed by atoms with Crippen molar-refractivity contribution in [3.8, 4) is 16.9 Å². The maximum Gasteiger partial charge on any atom is 0.119 e. The van der Waals surface area contributed by atoms with Gasteiger partial charge in [-0.15, -0.1) is 0 Å². The molecule has 108 valence electrons. The number of phenolic OH excluding ortho intramolecular Hbond substituents is 1. The summed E-state index contributed by atoms with van der Waals surface area (Å²) in [5.74, 6) is 0.450. The van der Waals surface area contributed by atoms with E-state index >= 15 is 0 Å². The molecule has 0 unspecified atom stereocenters. The quantitative estimate of drug-likeness (QED) is 0.900. The SMILES string of the molecule is CCCN1CCc2cccc3c2[C@@H]1Cc1c(O)cccc1-3. The number of nitrogens with zero attached hydrogens (tertiary/aromatic N) is 1. The average molecular weight is 279 g/mol. The summed E-state index contributed by atoms with van der Waals surface area (Å²) >= 11 is 0. The molecule has 0 amide bonds. The van der Waals surface area contributed by atoms with E-state index in [0.717, 1.165) is 31.5 Å². The van der Waals surface area contributed by atoms with Crippen molar-refractivity contribution in [1.82, 2.24) is 4.90 Å². The maximum atomic E-state index is 10.3. The molecule has 4 rings (SSSR count).